The van der Waals surface area contributed by atoms with Gasteiger partial charge in [0.2, 0.25) is 0 Å². The van der Waals surface area contributed by atoms with Gasteiger partial charge in [0.1, 0.15) is 12.2 Å². The first-order valence-corrected chi connectivity index (χ1v) is 21.7. The second-order valence-electron chi connectivity index (χ2n) is 17.9. The molecule has 2 heterocycles. The van der Waals surface area contributed by atoms with Crippen LogP contribution in [0, 0.1) is 11.8 Å². The Morgan fingerprint density at radius 1 is 0.556 bits per heavy atom. The predicted octanol–water partition coefficient (Wildman–Crippen LogP) is 11.7. The van der Waals surface area contributed by atoms with E-state index in [1.807, 2.05) is 0 Å². The van der Waals surface area contributed by atoms with Gasteiger partial charge in [-0.1, -0.05) is 128 Å². The molecule has 0 aromatic heterocycles. The summed E-state index contributed by atoms with van der Waals surface area (Å²) in [6.45, 7) is 24.9. The van der Waals surface area contributed by atoms with E-state index >= 15 is 0 Å². The van der Waals surface area contributed by atoms with Crippen LogP contribution in [0.2, 0.25) is 0 Å². The Balaban J connectivity index is 1.17. The van der Waals surface area contributed by atoms with Crippen LogP contribution in [0.25, 0.3) is 0 Å². The summed E-state index contributed by atoms with van der Waals surface area (Å²) in [6.07, 6.45) is 12.4. The minimum absolute atomic E-state index is 0.0466. The molecule has 0 spiro atoms. The third-order valence-electron chi connectivity index (χ3n) is 14.8. The summed E-state index contributed by atoms with van der Waals surface area (Å²) < 4.78 is 12.6. The van der Waals surface area contributed by atoms with Crippen molar-refractivity contribution < 1.29 is 19.1 Å². The van der Waals surface area contributed by atoms with E-state index in [0.717, 1.165) is 90.1 Å². The molecule has 6 heteroatoms. The molecule has 0 N–H and O–H groups in total. The monoisotopic (exact) mass is 745 g/mol. The topological polar surface area (TPSA) is 59.1 Å². The molecule has 0 saturated carbocycles. The van der Waals surface area contributed by atoms with Gasteiger partial charge >= 0.3 is 11.9 Å². The summed E-state index contributed by atoms with van der Waals surface area (Å²) in [4.78, 5) is 31.7. The van der Waals surface area contributed by atoms with Gasteiger partial charge < -0.3 is 9.47 Å². The van der Waals surface area contributed by atoms with Crippen molar-refractivity contribution in [2.75, 3.05) is 0 Å². The number of carbonyl (C=O) groups is 2. The maximum atomic E-state index is 13.2. The lowest BCUT2D eigenvalue weighted by atomic mass is 9.67. The van der Waals surface area contributed by atoms with Crippen molar-refractivity contribution in [3.05, 3.63) is 71.8 Å². The Labute approximate surface area is 330 Å². The molecular weight excluding hydrogens is 669 g/mol. The highest BCUT2D eigenvalue weighted by atomic mass is 16.5. The zero-order valence-corrected chi connectivity index (χ0v) is 35.9. The summed E-state index contributed by atoms with van der Waals surface area (Å²) in [7, 11) is 0. The Bertz CT molecular complexity index is 1340. The SMILES string of the molecule is CCC1(C)CC(OC(=O)CCCCCCCCC(=O)OC2CC(C)(CC)N(Cc3ccccc3)C(C)(CC)C2C)C(C)C(C)(CC)N1Cc1ccccc1. The number of carbonyl (C=O) groups excluding carboxylic acids is 2. The fraction of sp³-hybridized carbons (Fsp3) is 0.708. The number of ether oxygens (including phenoxy) is 2. The summed E-state index contributed by atoms with van der Waals surface area (Å²) in [6, 6.07) is 21.5. The molecule has 0 bridgehead atoms. The van der Waals surface area contributed by atoms with E-state index in [1.54, 1.807) is 0 Å². The molecule has 2 aliphatic rings. The van der Waals surface area contributed by atoms with E-state index in [1.165, 1.54) is 11.1 Å². The quantitative estimate of drug-likeness (QED) is 0.105. The Morgan fingerprint density at radius 3 is 1.20 bits per heavy atom. The van der Waals surface area contributed by atoms with Crippen molar-refractivity contribution in [2.45, 2.75) is 207 Å². The molecule has 2 aliphatic heterocycles. The summed E-state index contributed by atoms with van der Waals surface area (Å²) >= 11 is 0. The van der Waals surface area contributed by atoms with Gasteiger partial charge in [0.25, 0.3) is 0 Å². The van der Waals surface area contributed by atoms with Crippen LogP contribution in [-0.4, -0.2) is 56.1 Å². The summed E-state index contributed by atoms with van der Waals surface area (Å²) in [5.74, 6) is 0.372. The van der Waals surface area contributed by atoms with Crippen LogP contribution in [0.3, 0.4) is 0 Å². The van der Waals surface area contributed by atoms with Crippen molar-refractivity contribution in [1.82, 2.24) is 9.80 Å². The van der Waals surface area contributed by atoms with Gasteiger partial charge in [0, 0.05) is 72.8 Å². The Hall–Kier alpha value is -2.70. The first-order chi connectivity index (χ1) is 25.7. The van der Waals surface area contributed by atoms with Crippen LogP contribution in [0.4, 0.5) is 0 Å². The lowest BCUT2D eigenvalue weighted by Crippen LogP contribution is -2.67. The molecule has 4 rings (SSSR count). The molecular formula is C48H76N2O4. The van der Waals surface area contributed by atoms with Gasteiger partial charge in [-0.2, -0.15) is 0 Å². The van der Waals surface area contributed by atoms with E-state index in [2.05, 4.69) is 140 Å². The van der Waals surface area contributed by atoms with Crippen LogP contribution < -0.4 is 0 Å². The van der Waals surface area contributed by atoms with Gasteiger partial charge in [0.15, 0.2) is 0 Å². The maximum Gasteiger partial charge on any atom is 0.306 e. The largest absolute Gasteiger partial charge is 0.462 e. The van der Waals surface area contributed by atoms with E-state index in [4.69, 9.17) is 9.47 Å². The highest BCUT2D eigenvalue weighted by Crippen LogP contribution is 2.49. The molecule has 302 valence electrons. The molecule has 0 amide bonds. The number of likely N-dealkylation sites (tertiary alicyclic amines) is 2. The highest BCUT2D eigenvalue weighted by Gasteiger charge is 2.55. The van der Waals surface area contributed by atoms with Crippen molar-refractivity contribution in [2.24, 2.45) is 11.8 Å². The van der Waals surface area contributed by atoms with Gasteiger partial charge in [0.05, 0.1) is 0 Å². The van der Waals surface area contributed by atoms with E-state index in [9.17, 15) is 9.59 Å². The number of unbranched alkanes of at least 4 members (excludes halogenated alkanes) is 5. The van der Waals surface area contributed by atoms with E-state index in [0.29, 0.717) is 12.8 Å². The number of piperidine rings is 2. The fourth-order valence-corrected chi connectivity index (χ4v) is 9.93. The number of hydrogen-bond acceptors (Lipinski definition) is 6. The molecule has 8 atom stereocenters. The number of hydrogen-bond donors (Lipinski definition) is 0. The molecule has 2 fully saturated rings. The molecule has 2 aromatic rings. The van der Waals surface area contributed by atoms with Gasteiger partial charge in [-0.15, -0.1) is 0 Å². The second-order valence-corrected chi connectivity index (χ2v) is 17.9. The average Bonchev–Trinajstić information content (AvgIpc) is 3.18. The third-order valence-corrected chi connectivity index (χ3v) is 14.8. The van der Waals surface area contributed by atoms with Crippen LogP contribution in [0.1, 0.15) is 170 Å². The van der Waals surface area contributed by atoms with Crippen molar-refractivity contribution >= 4 is 11.9 Å². The first kappa shape index (κ1) is 44.0. The average molecular weight is 745 g/mol. The first-order valence-electron chi connectivity index (χ1n) is 21.7. The third kappa shape index (κ3) is 10.2. The zero-order chi connectivity index (χ0) is 39.6. The Morgan fingerprint density at radius 2 is 0.889 bits per heavy atom. The summed E-state index contributed by atoms with van der Waals surface area (Å²) in [5, 5.41) is 0. The van der Waals surface area contributed by atoms with Gasteiger partial charge in [-0.05, 0) is 77.3 Å². The number of rotatable bonds is 19. The predicted molar refractivity (Wildman–Crippen MR) is 223 cm³/mol. The number of esters is 2. The van der Waals surface area contributed by atoms with E-state index < -0.39 is 0 Å². The van der Waals surface area contributed by atoms with Crippen LogP contribution >= 0.6 is 0 Å². The minimum atomic E-state index is -0.0737. The standard InChI is InChI=1S/C48H76N2O4/c1-11-45(7)33-41(37(5)47(9,13-3)49(45)35-39-27-21-19-22-28-39)53-43(51)31-25-17-15-16-18-26-32-44(52)54-42-34-46(8,12-2)50(48(10,14-4)38(42)6)36-40-29-23-20-24-30-40/h19-24,27-30,37-38,41-42H,11-18,25-26,31-36H2,1-10H3. The molecule has 0 radical (unpaired) electrons. The minimum Gasteiger partial charge on any atom is -0.462 e. The lowest BCUT2D eigenvalue weighted by molar-refractivity contribution is -0.179. The molecule has 6 nitrogen and oxygen atoms in total. The number of nitrogens with zero attached hydrogens (tertiary/aromatic N) is 2. The molecule has 2 saturated heterocycles. The van der Waals surface area contributed by atoms with Crippen molar-refractivity contribution in [3.63, 3.8) is 0 Å². The van der Waals surface area contributed by atoms with Crippen molar-refractivity contribution in [1.29, 1.82) is 0 Å². The normalized spacial score (nSPS) is 32.0. The van der Waals surface area contributed by atoms with Gasteiger partial charge in [-0.25, -0.2) is 0 Å². The molecule has 2 aromatic carbocycles. The maximum absolute atomic E-state index is 13.2. The summed E-state index contributed by atoms with van der Waals surface area (Å²) in [5.41, 5.74) is 2.43. The van der Waals surface area contributed by atoms with Crippen LogP contribution in [-0.2, 0) is 32.2 Å². The second kappa shape index (κ2) is 19.4. The smallest absolute Gasteiger partial charge is 0.306 e. The fourth-order valence-electron chi connectivity index (χ4n) is 9.93. The van der Waals surface area contributed by atoms with Gasteiger partial charge in [-0.3, -0.25) is 19.4 Å². The van der Waals surface area contributed by atoms with Crippen LogP contribution in [0.5, 0.6) is 0 Å². The Kier molecular flexibility index (Phi) is 15.8. The molecule has 8 unspecified atom stereocenters. The van der Waals surface area contributed by atoms with Crippen LogP contribution in [0.15, 0.2) is 60.7 Å². The van der Waals surface area contributed by atoms with Crippen molar-refractivity contribution in [3.8, 4) is 0 Å². The highest BCUT2D eigenvalue weighted by molar-refractivity contribution is 5.70. The lowest BCUT2D eigenvalue weighted by Gasteiger charge is -2.60. The molecule has 0 aliphatic carbocycles. The van der Waals surface area contributed by atoms with E-state index in [-0.39, 0.29) is 58.1 Å². The molecule has 54 heavy (non-hydrogen) atoms. The number of benzene rings is 2. The zero-order valence-electron chi connectivity index (χ0n) is 35.9.